The van der Waals surface area contributed by atoms with Crippen LogP contribution < -0.4 is 5.73 Å². The summed E-state index contributed by atoms with van der Waals surface area (Å²) in [6.45, 7) is 0. The highest BCUT2D eigenvalue weighted by Crippen LogP contribution is 2.35. The number of nitrogens with one attached hydrogen (secondary N) is 1. The molecule has 1 aliphatic carbocycles. The molecule has 0 fully saturated rings. The van der Waals surface area contributed by atoms with Gasteiger partial charge >= 0.3 is 0 Å². The van der Waals surface area contributed by atoms with Crippen molar-refractivity contribution in [2.75, 3.05) is 11.5 Å². The van der Waals surface area contributed by atoms with Crippen LogP contribution in [-0.4, -0.2) is 19.9 Å². The van der Waals surface area contributed by atoms with E-state index in [4.69, 9.17) is 5.73 Å². The van der Waals surface area contributed by atoms with Crippen molar-refractivity contribution < 1.29 is 4.21 Å². The molecule has 0 saturated heterocycles. The van der Waals surface area contributed by atoms with Crippen molar-refractivity contribution in [3.63, 3.8) is 0 Å². The average Bonchev–Trinajstić information content (AvgIpc) is 2.87. The van der Waals surface area contributed by atoms with E-state index in [2.05, 4.69) is 28.2 Å². The molecule has 0 saturated carbocycles. The van der Waals surface area contributed by atoms with Crippen LogP contribution in [0.15, 0.2) is 47.6 Å². The number of nitrogens with two attached hydrogens (primary N) is 1. The first kappa shape index (κ1) is 12.6. The number of rotatable bonds is 3. The molecule has 3 N–H and O–H groups in total. The molecule has 106 valence electrons. The molecule has 0 radical (unpaired) electrons. The summed E-state index contributed by atoms with van der Waals surface area (Å²) in [6, 6.07) is 13.8. The van der Waals surface area contributed by atoms with Gasteiger partial charge in [-0.1, -0.05) is 24.3 Å². The van der Waals surface area contributed by atoms with E-state index in [9.17, 15) is 4.21 Å². The smallest absolute Gasteiger partial charge is 0.197 e. The maximum atomic E-state index is 12.5. The molecule has 1 heterocycles. The number of nitrogen functional groups attached to an aromatic ring is 1. The number of aromatic nitrogens is 2. The van der Waals surface area contributed by atoms with Gasteiger partial charge in [-0.05, 0) is 35.7 Å². The van der Waals surface area contributed by atoms with Gasteiger partial charge in [0.05, 0.1) is 21.8 Å². The van der Waals surface area contributed by atoms with E-state index >= 15 is 0 Å². The Hall–Kier alpha value is -2.14. The second-order valence-corrected chi connectivity index (χ2v) is 6.84. The van der Waals surface area contributed by atoms with E-state index in [0.717, 1.165) is 17.5 Å². The highest BCUT2D eigenvalue weighted by molar-refractivity contribution is 7.84. The average molecular weight is 297 g/mol. The number of aromatic amines is 1. The zero-order chi connectivity index (χ0) is 14.4. The number of nitrogens with zero attached hydrogens (tertiary/aromatic N) is 1. The van der Waals surface area contributed by atoms with E-state index in [1.165, 1.54) is 11.1 Å². The normalized spacial score (nSPS) is 18.2. The number of hydrogen-bond donors (Lipinski definition) is 2. The molecule has 1 aromatic heterocycles. The number of imidazole rings is 1. The number of fused-ring (bicyclic) bond motifs is 2. The maximum Gasteiger partial charge on any atom is 0.197 e. The van der Waals surface area contributed by atoms with Gasteiger partial charge in [0.15, 0.2) is 5.16 Å². The van der Waals surface area contributed by atoms with E-state index in [0.29, 0.717) is 22.5 Å². The predicted octanol–water partition coefficient (Wildman–Crippen LogP) is 2.59. The number of anilines is 1. The van der Waals surface area contributed by atoms with Crippen LogP contribution >= 0.6 is 0 Å². The Morgan fingerprint density at radius 3 is 3.00 bits per heavy atom. The summed E-state index contributed by atoms with van der Waals surface area (Å²) in [5.41, 5.74) is 10.8. The minimum Gasteiger partial charge on any atom is -0.399 e. The molecule has 2 aromatic carbocycles. The van der Waals surface area contributed by atoms with Gasteiger partial charge in [0, 0.05) is 17.4 Å². The van der Waals surface area contributed by atoms with Gasteiger partial charge in [-0.15, -0.1) is 0 Å². The molecule has 5 heteroatoms. The summed E-state index contributed by atoms with van der Waals surface area (Å²) in [7, 11) is -1.12. The van der Waals surface area contributed by atoms with Crippen molar-refractivity contribution >= 4 is 27.5 Å². The molecule has 4 rings (SSSR count). The minimum atomic E-state index is -1.12. The highest BCUT2D eigenvalue weighted by atomic mass is 32.2. The van der Waals surface area contributed by atoms with Crippen LogP contribution in [0.2, 0.25) is 0 Å². The molecule has 21 heavy (non-hydrogen) atoms. The Morgan fingerprint density at radius 2 is 2.14 bits per heavy atom. The standard InChI is InChI=1S/C16H15N3OS/c17-12-5-6-14-15(8-12)19-16(18-14)21(20)9-11-7-10-3-1-2-4-13(10)11/h1-6,8,11H,7,9,17H2,(H,18,19). The Kier molecular flexibility index (Phi) is 2.82. The van der Waals surface area contributed by atoms with E-state index in [1.807, 2.05) is 18.2 Å². The largest absolute Gasteiger partial charge is 0.399 e. The fourth-order valence-electron chi connectivity index (χ4n) is 2.88. The van der Waals surface area contributed by atoms with Crippen molar-refractivity contribution in [3.05, 3.63) is 53.6 Å². The predicted molar refractivity (Wildman–Crippen MR) is 84.7 cm³/mol. The Balaban J connectivity index is 1.57. The van der Waals surface area contributed by atoms with Gasteiger partial charge in [-0.3, -0.25) is 4.21 Å². The van der Waals surface area contributed by atoms with Crippen molar-refractivity contribution in [2.45, 2.75) is 17.5 Å². The number of benzene rings is 2. The third-order valence-electron chi connectivity index (χ3n) is 4.01. The summed E-state index contributed by atoms with van der Waals surface area (Å²) >= 11 is 0. The molecule has 4 nitrogen and oxygen atoms in total. The molecule has 2 unspecified atom stereocenters. The zero-order valence-electron chi connectivity index (χ0n) is 11.4. The van der Waals surface area contributed by atoms with Crippen molar-refractivity contribution in [3.8, 4) is 0 Å². The fraction of sp³-hybridized carbons (Fsp3) is 0.188. The van der Waals surface area contributed by atoms with Crippen molar-refractivity contribution in [1.82, 2.24) is 9.97 Å². The molecule has 2 atom stereocenters. The van der Waals surface area contributed by atoms with Crippen LogP contribution in [0.4, 0.5) is 5.69 Å². The molecular formula is C16H15N3OS. The van der Waals surface area contributed by atoms with Crippen LogP contribution in [0.1, 0.15) is 17.0 Å². The molecule has 0 aliphatic heterocycles. The lowest BCUT2D eigenvalue weighted by molar-refractivity contribution is 0.641. The highest BCUT2D eigenvalue weighted by Gasteiger charge is 2.28. The summed E-state index contributed by atoms with van der Waals surface area (Å²) in [5.74, 6) is 0.993. The Labute approximate surface area is 124 Å². The van der Waals surface area contributed by atoms with Gasteiger partial charge in [-0.2, -0.15) is 0 Å². The van der Waals surface area contributed by atoms with Crippen LogP contribution in [-0.2, 0) is 17.2 Å². The summed E-state index contributed by atoms with van der Waals surface area (Å²) in [4.78, 5) is 7.53. The van der Waals surface area contributed by atoms with Crippen molar-refractivity contribution in [1.29, 1.82) is 0 Å². The van der Waals surface area contributed by atoms with Crippen LogP contribution in [0.3, 0.4) is 0 Å². The zero-order valence-corrected chi connectivity index (χ0v) is 12.2. The summed E-state index contributed by atoms with van der Waals surface area (Å²) in [6.07, 6.45) is 1.01. The van der Waals surface area contributed by atoms with Gasteiger partial charge in [0.2, 0.25) is 0 Å². The fourth-order valence-corrected chi connectivity index (χ4v) is 4.13. The van der Waals surface area contributed by atoms with Crippen LogP contribution in [0.5, 0.6) is 0 Å². The first-order chi connectivity index (χ1) is 10.2. The molecule has 3 aromatic rings. The van der Waals surface area contributed by atoms with Crippen molar-refractivity contribution in [2.24, 2.45) is 0 Å². The number of hydrogen-bond acceptors (Lipinski definition) is 3. The number of H-pyrrole nitrogens is 1. The van der Waals surface area contributed by atoms with Gasteiger partial charge < -0.3 is 10.7 Å². The quantitative estimate of drug-likeness (QED) is 0.730. The topological polar surface area (TPSA) is 71.8 Å². The second-order valence-electron chi connectivity index (χ2n) is 5.43. The third-order valence-corrected chi connectivity index (χ3v) is 5.34. The monoisotopic (exact) mass is 297 g/mol. The Morgan fingerprint density at radius 1 is 1.29 bits per heavy atom. The molecule has 0 spiro atoms. The van der Waals surface area contributed by atoms with Gasteiger partial charge in [0.1, 0.15) is 0 Å². The summed E-state index contributed by atoms with van der Waals surface area (Å²) in [5, 5.41) is 0.542. The molecule has 0 amide bonds. The second kappa shape index (κ2) is 4.70. The Bertz CT molecular complexity index is 856. The van der Waals surface area contributed by atoms with Gasteiger partial charge in [0.25, 0.3) is 0 Å². The lowest BCUT2D eigenvalue weighted by Gasteiger charge is -2.29. The van der Waals surface area contributed by atoms with Crippen LogP contribution in [0, 0.1) is 0 Å². The van der Waals surface area contributed by atoms with E-state index in [1.54, 1.807) is 6.07 Å². The van der Waals surface area contributed by atoms with E-state index < -0.39 is 10.8 Å². The lowest BCUT2D eigenvalue weighted by atomic mass is 9.79. The third kappa shape index (κ3) is 2.14. The first-order valence-electron chi connectivity index (χ1n) is 6.92. The molecular weight excluding hydrogens is 282 g/mol. The molecule has 1 aliphatic rings. The first-order valence-corrected chi connectivity index (χ1v) is 8.24. The minimum absolute atomic E-state index is 0.375. The van der Waals surface area contributed by atoms with Gasteiger partial charge in [-0.25, -0.2) is 4.98 Å². The summed E-state index contributed by atoms with van der Waals surface area (Å²) < 4.78 is 12.5. The van der Waals surface area contributed by atoms with Crippen LogP contribution in [0.25, 0.3) is 11.0 Å². The molecule has 0 bridgehead atoms. The lowest BCUT2D eigenvalue weighted by Crippen LogP contribution is -2.22. The van der Waals surface area contributed by atoms with E-state index in [-0.39, 0.29) is 0 Å². The maximum absolute atomic E-state index is 12.5. The SMILES string of the molecule is Nc1ccc2nc(S(=O)CC3Cc4ccccc43)[nH]c2c1.